The molecule has 0 atom stereocenters. The van der Waals surface area contributed by atoms with Crippen molar-refractivity contribution in [2.45, 2.75) is 30.0 Å². The molecule has 2 aromatic carbocycles. The molecule has 0 radical (unpaired) electrons. The number of nitrogens with one attached hydrogen (secondary N) is 1. The number of benzene rings is 2. The van der Waals surface area contributed by atoms with Crippen molar-refractivity contribution in [1.29, 1.82) is 0 Å². The minimum atomic E-state index is -4.67. The molecule has 9 nitrogen and oxygen atoms in total. The van der Waals surface area contributed by atoms with Crippen molar-refractivity contribution >= 4 is 33.6 Å². The zero-order valence-electron chi connectivity index (χ0n) is 18.6. The zero-order chi connectivity index (χ0) is 26.0. The number of nitrogens with zero attached hydrogens (tertiary/aromatic N) is 1. The van der Waals surface area contributed by atoms with Gasteiger partial charge in [-0.15, -0.1) is 0 Å². The maximum Gasteiger partial charge on any atom is 0.416 e. The SMILES string of the molecule is COC(=O)CC(CC(=O)OC)NC(=O)CN1c2ccc(C(F)(F)F)cc2-c2ccccc2S1(=O)=O. The minimum Gasteiger partial charge on any atom is -0.469 e. The minimum absolute atomic E-state index is 0.0151. The maximum atomic E-state index is 13.3. The maximum absolute atomic E-state index is 13.3. The van der Waals surface area contributed by atoms with E-state index in [-0.39, 0.29) is 21.7 Å². The number of rotatable bonds is 7. The lowest BCUT2D eigenvalue weighted by Gasteiger charge is -2.32. The number of sulfonamides is 1. The van der Waals surface area contributed by atoms with E-state index in [1.807, 2.05) is 0 Å². The molecule has 1 N–H and O–H groups in total. The third kappa shape index (κ3) is 5.56. The Bertz CT molecular complexity index is 1240. The molecule has 1 aliphatic rings. The van der Waals surface area contributed by atoms with Gasteiger partial charge in [0.2, 0.25) is 5.91 Å². The lowest BCUT2D eigenvalue weighted by atomic mass is 10.00. The summed E-state index contributed by atoms with van der Waals surface area (Å²) in [6.07, 6.45) is -5.45. The van der Waals surface area contributed by atoms with Crippen LogP contribution in [0.25, 0.3) is 11.1 Å². The van der Waals surface area contributed by atoms with Crippen LogP contribution in [-0.2, 0) is 40.1 Å². The van der Waals surface area contributed by atoms with Gasteiger partial charge in [0.15, 0.2) is 0 Å². The number of amides is 1. The van der Waals surface area contributed by atoms with E-state index in [4.69, 9.17) is 0 Å². The first-order chi connectivity index (χ1) is 16.4. The highest BCUT2D eigenvalue weighted by Crippen LogP contribution is 2.45. The van der Waals surface area contributed by atoms with E-state index < -0.39 is 65.0 Å². The number of ether oxygens (including phenoxy) is 2. The molecule has 1 amide bonds. The molecule has 1 aliphatic heterocycles. The summed E-state index contributed by atoms with van der Waals surface area (Å²) in [6.45, 7) is -0.812. The monoisotopic (exact) mass is 514 g/mol. The van der Waals surface area contributed by atoms with Crippen LogP contribution in [0.5, 0.6) is 0 Å². The van der Waals surface area contributed by atoms with Gasteiger partial charge in [-0.1, -0.05) is 18.2 Å². The van der Waals surface area contributed by atoms with Gasteiger partial charge in [-0.2, -0.15) is 13.2 Å². The van der Waals surface area contributed by atoms with Crippen LogP contribution in [0.15, 0.2) is 47.4 Å². The highest BCUT2D eigenvalue weighted by Gasteiger charge is 2.39. The normalized spacial score (nSPS) is 14.1. The number of halogens is 3. The number of hydrogen-bond donors (Lipinski definition) is 1. The molecule has 2 aromatic rings. The van der Waals surface area contributed by atoms with Crippen LogP contribution in [0.4, 0.5) is 18.9 Å². The Morgan fingerprint density at radius 1 is 0.971 bits per heavy atom. The van der Waals surface area contributed by atoms with E-state index in [0.29, 0.717) is 4.31 Å². The Kier molecular flexibility index (Phi) is 7.38. The summed E-state index contributed by atoms with van der Waals surface area (Å²) in [5, 5.41) is 2.40. The number of fused-ring (bicyclic) bond motifs is 3. The van der Waals surface area contributed by atoms with Crippen LogP contribution in [0.1, 0.15) is 18.4 Å². The van der Waals surface area contributed by atoms with Crippen molar-refractivity contribution in [1.82, 2.24) is 5.32 Å². The summed E-state index contributed by atoms with van der Waals surface area (Å²) in [7, 11) is -2.09. The Morgan fingerprint density at radius 2 is 1.57 bits per heavy atom. The summed E-state index contributed by atoms with van der Waals surface area (Å²) in [5.41, 5.74) is -1.05. The molecule has 0 unspecified atom stereocenters. The van der Waals surface area contributed by atoms with Crippen LogP contribution in [0.2, 0.25) is 0 Å². The predicted molar refractivity (Wildman–Crippen MR) is 117 cm³/mol. The fourth-order valence-electron chi connectivity index (χ4n) is 3.63. The van der Waals surface area contributed by atoms with Crippen molar-refractivity contribution in [2.24, 2.45) is 0 Å². The second-order valence-electron chi connectivity index (χ2n) is 7.56. The summed E-state index contributed by atoms with van der Waals surface area (Å²) < 4.78 is 76.4. The first-order valence-electron chi connectivity index (χ1n) is 10.1. The van der Waals surface area contributed by atoms with Crippen molar-refractivity contribution in [3.63, 3.8) is 0 Å². The molecule has 0 saturated heterocycles. The highest BCUT2D eigenvalue weighted by atomic mass is 32.2. The van der Waals surface area contributed by atoms with Gasteiger partial charge in [0.1, 0.15) is 6.54 Å². The van der Waals surface area contributed by atoms with Crippen LogP contribution < -0.4 is 9.62 Å². The zero-order valence-corrected chi connectivity index (χ0v) is 19.4. The molecule has 1 heterocycles. The lowest BCUT2D eigenvalue weighted by molar-refractivity contribution is -0.143. The number of hydrogen-bond acceptors (Lipinski definition) is 7. The van der Waals surface area contributed by atoms with Gasteiger partial charge in [0.05, 0.1) is 43.2 Å². The van der Waals surface area contributed by atoms with Crippen molar-refractivity contribution in [3.05, 3.63) is 48.0 Å². The van der Waals surface area contributed by atoms with Gasteiger partial charge < -0.3 is 14.8 Å². The third-order valence-electron chi connectivity index (χ3n) is 5.27. The van der Waals surface area contributed by atoms with Gasteiger partial charge >= 0.3 is 18.1 Å². The molecular weight excluding hydrogens is 493 g/mol. The topological polar surface area (TPSA) is 119 Å². The first kappa shape index (κ1) is 26.0. The average molecular weight is 514 g/mol. The molecule has 0 spiro atoms. The van der Waals surface area contributed by atoms with Gasteiger partial charge in [-0.05, 0) is 24.3 Å². The molecule has 35 heavy (non-hydrogen) atoms. The van der Waals surface area contributed by atoms with E-state index in [2.05, 4.69) is 14.8 Å². The lowest BCUT2D eigenvalue weighted by Crippen LogP contribution is -2.46. The second-order valence-corrected chi connectivity index (χ2v) is 9.39. The number of methoxy groups -OCH3 is 2. The largest absolute Gasteiger partial charge is 0.469 e. The van der Waals surface area contributed by atoms with Gasteiger partial charge in [-0.25, -0.2) is 8.42 Å². The molecule has 0 fully saturated rings. The van der Waals surface area contributed by atoms with Crippen LogP contribution >= 0.6 is 0 Å². The Labute approximate surface area is 198 Å². The van der Waals surface area contributed by atoms with Gasteiger partial charge in [0.25, 0.3) is 10.0 Å². The fourth-order valence-corrected chi connectivity index (χ4v) is 5.27. The second kappa shape index (κ2) is 9.94. The Hall–Kier alpha value is -3.61. The van der Waals surface area contributed by atoms with Crippen molar-refractivity contribution in [3.8, 4) is 11.1 Å². The van der Waals surface area contributed by atoms with Gasteiger partial charge in [0, 0.05) is 17.2 Å². The quantitative estimate of drug-likeness (QED) is 0.564. The first-order valence-corrected chi connectivity index (χ1v) is 11.6. The van der Waals surface area contributed by atoms with Crippen molar-refractivity contribution in [2.75, 3.05) is 25.1 Å². The van der Waals surface area contributed by atoms with Crippen LogP contribution in [0, 0.1) is 0 Å². The van der Waals surface area contributed by atoms with E-state index in [9.17, 15) is 36.0 Å². The molecular formula is C22H21F3N2O7S. The summed E-state index contributed by atoms with van der Waals surface area (Å²) in [6, 6.07) is 6.99. The standard InChI is InChI=1S/C22H21F3N2O7S/c1-33-20(29)10-14(11-21(30)34-2)26-19(28)12-27-17-8-7-13(22(23,24)25)9-16(17)15-5-3-4-6-18(15)35(27,31)32/h3-9,14H,10-12H2,1-2H3,(H,26,28). The number of carbonyl (C=O) groups is 3. The average Bonchev–Trinajstić information content (AvgIpc) is 2.80. The molecule has 0 saturated carbocycles. The fraction of sp³-hybridized carbons (Fsp3) is 0.318. The number of carbonyl (C=O) groups excluding carboxylic acids is 3. The van der Waals surface area contributed by atoms with Crippen LogP contribution in [-0.4, -0.2) is 53.1 Å². The van der Waals surface area contributed by atoms with E-state index in [0.717, 1.165) is 32.4 Å². The highest BCUT2D eigenvalue weighted by molar-refractivity contribution is 7.93. The molecule has 0 aromatic heterocycles. The summed E-state index contributed by atoms with van der Waals surface area (Å²) in [4.78, 5) is 35.8. The Balaban J connectivity index is 1.98. The number of alkyl halides is 3. The Morgan fingerprint density at radius 3 is 2.14 bits per heavy atom. The van der Waals surface area contributed by atoms with Crippen LogP contribution in [0.3, 0.4) is 0 Å². The molecule has 3 rings (SSSR count). The summed E-state index contributed by atoms with van der Waals surface area (Å²) in [5.74, 6) is -2.36. The van der Waals surface area contributed by atoms with E-state index in [1.165, 1.54) is 24.3 Å². The molecule has 13 heteroatoms. The number of anilines is 1. The van der Waals surface area contributed by atoms with E-state index >= 15 is 0 Å². The van der Waals surface area contributed by atoms with Gasteiger partial charge in [-0.3, -0.25) is 18.7 Å². The number of esters is 2. The van der Waals surface area contributed by atoms with E-state index in [1.54, 1.807) is 0 Å². The molecule has 0 aliphatic carbocycles. The third-order valence-corrected chi connectivity index (χ3v) is 7.09. The van der Waals surface area contributed by atoms with Crippen molar-refractivity contribution < 1.29 is 45.4 Å². The summed E-state index contributed by atoms with van der Waals surface area (Å²) >= 11 is 0. The smallest absolute Gasteiger partial charge is 0.416 e. The predicted octanol–water partition coefficient (Wildman–Crippen LogP) is 2.49. The molecule has 188 valence electrons. The molecule has 0 bridgehead atoms.